The fourth-order valence-electron chi connectivity index (χ4n) is 3.26. The van der Waals surface area contributed by atoms with E-state index in [0.717, 1.165) is 0 Å². The highest BCUT2D eigenvalue weighted by atomic mass is 35.5. The lowest BCUT2D eigenvalue weighted by atomic mass is 10.1. The zero-order valence-corrected chi connectivity index (χ0v) is 19.2. The molecule has 0 bridgehead atoms. The summed E-state index contributed by atoms with van der Waals surface area (Å²) in [4.78, 5) is 12.4. The molecule has 168 valence electrons. The van der Waals surface area contributed by atoms with E-state index < -0.39 is 25.8 Å². The Labute approximate surface area is 186 Å². The molecule has 3 rings (SSSR count). The number of carbonyl (C=O) groups is 1. The maximum absolute atomic E-state index is 12.8. The molecule has 1 atom stereocenters. The predicted octanol–water partition coefficient (Wildman–Crippen LogP) is 1.99. The van der Waals surface area contributed by atoms with E-state index in [0.29, 0.717) is 17.0 Å². The average Bonchev–Trinajstić information content (AvgIpc) is 3.09. The summed E-state index contributed by atoms with van der Waals surface area (Å²) in [6.45, 7) is 0.246. The van der Waals surface area contributed by atoms with Gasteiger partial charge in [-0.1, -0.05) is 23.7 Å². The normalized spacial score (nSPS) is 17.9. The van der Waals surface area contributed by atoms with E-state index in [4.69, 9.17) is 16.3 Å². The topological polar surface area (TPSA) is 119 Å². The Morgan fingerprint density at radius 2 is 1.90 bits per heavy atom. The van der Waals surface area contributed by atoms with Crippen molar-refractivity contribution in [1.29, 1.82) is 0 Å². The summed E-state index contributed by atoms with van der Waals surface area (Å²) in [5.74, 6) is -0.360. The molecular weight excluding hydrogens is 464 g/mol. The highest BCUT2D eigenvalue weighted by Gasteiger charge is 2.28. The second kappa shape index (κ2) is 9.56. The molecule has 2 aromatic carbocycles. The second-order valence-corrected chi connectivity index (χ2v) is 11.7. The Morgan fingerprint density at radius 1 is 1.19 bits per heavy atom. The van der Waals surface area contributed by atoms with E-state index >= 15 is 0 Å². The van der Waals surface area contributed by atoms with Crippen molar-refractivity contribution in [1.82, 2.24) is 10.0 Å². The van der Waals surface area contributed by atoms with Crippen LogP contribution in [0.2, 0.25) is 5.02 Å². The van der Waals surface area contributed by atoms with Crippen molar-refractivity contribution in [3.05, 3.63) is 58.6 Å². The molecule has 1 aliphatic rings. The van der Waals surface area contributed by atoms with Crippen LogP contribution in [0.15, 0.2) is 47.4 Å². The molecule has 1 fully saturated rings. The van der Waals surface area contributed by atoms with Gasteiger partial charge in [-0.15, -0.1) is 0 Å². The number of carbonyl (C=O) groups excluding carboxylic acids is 1. The van der Waals surface area contributed by atoms with Crippen molar-refractivity contribution in [3.8, 4) is 5.75 Å². The first-order valence-corrected chi connectivity index (χ1v) is 13.2. The van der Waals surface area contributed by atoms with Crippen LogP contribution in [0.25, 0.3) is 0 Å². The van der Waals surface area contributed by atoms with Gasteiger partial charge in [0.05, 0.1) is 18.6 Å². The lowest BCUT2D eigenvalue weighted by Crippen LogP contribution is -2.30. The molecule has 31 heavy (non-hydrogen) atoms. The summed E-state index contributed by atoms with van der Waals surface area (Å²) in [7, 11) is -5.68. The summed E-state index contributed by atoms with van der Waals surface area (Å²) in [5.41, 5.74) is 0.848. The third kappa shape index (κ3) is 6.19. The number of nitrogens with one attached hydrogen (secondary N) is 2. The monoisotopic (exact) mass is 486 g/mol. The van der Waals surface area contributed by atoms with Gasteiger partial charge in [0.2, 0.25) is 10.0 Å². The van der Waals surface area contributed by atoms with Gasteiger partial charge < -0.3 is 10.1 Å². The maximum atomic E-state index is 12.8. The Kier molecular flexibility index (Phi) is 7.25. The van der Waals surface area contributed by atoms with Crippen LogP contribution in [0.4, 0.5) is 0 Å². The van der Waals surface area contributed by atoms with Crippen LogP contribution < -0.4 is 14.8 Å². The molecule has 0 aromatic heterocycles. The van der Waals surface area contributed by atoms with Crippen molar-refractivity contribution in [2.24, 2.45) is 5.92 Å². The lowest BCUT2D eigenvalue weighted by Gasteiger charge is -2.14. The van der Waals surface area contributed by atoms with Crippen LogP contribution in [-0.4, -0.2) is 47.9 Å². The van der Waals surface area contributed by atoms with Crippen LogP contribution in [0.5, 0.6) is 5.75 Å². The molecular formula is C20H23ClN2O6S2. The number of sulfone groups is 1. The van der Waals surface area contributed by atoms with Gasteiger partial charge in [0, 0.05) is 23.7 Å². The summed E-state index contributed by atoms with van der Waals surface area (Å²) in [5, 5.41) is 3.23. The second-order valence-electron chi connectivity index (χ2n) is 7.30. The fourth-order valence-corrected chi connectivity index (χ4v) is 6.46. The van der Waals surface area contributed by atoms with Gasteiger partial charge in [0.15, 0.2) is 9.84 Å². The molecule has 0 aliphatic carbocycles. The van der Waals surface area contributed by atoms with Gasteiger partial charge in [0.1, 0.15) is 10.6 Å². The number of benzene rings is 2. The van der Waals surface area contributed by atoms with Crippen molar-refractivity contribution in [2.75, 3.05) is 25.2 Å². The highest BCUT2D eigenvalue weighted by Crippen LogP contribution is 2.25. The first-order chi connectivity index (χ1) is 14.6. The summed E-state index contributed by atoms with van der Waals surface area (Å²) >= 11 is 5.84. The van der Waals surface area contributed by atoms with Crippen LogP contribution in [-0.2, 0) is 26.4 Å². The molecule has 2 N–H and O–H groups in total. The van der Waals surface area contributed by atoms with E-state index in [1.807, 2.05) is 0 Å². The number of hydrogen-bond acceptors (Lipinski definition) is 6. The molecule has 1 amide bonds. The minimum absolute atomic E-state index is 0.0369. The zero-order valence-electron chi connectivity index (χ0n) is 16.8. The zero-order chi connectivity index (χ0) is 22.6. The van der Waals surface area contributed by atoms with E-state index in [1.165, 1.54) is 25.3 Å². The van der Waals surface area contributed by atoms with Crippen LogP contribution in [0.3, 0.4) is 0 Å². The largest absolute Gasteiger partial charge is 0.495 e. The number of hydrogen-bond donors (Lipinski definition) is 2. The molecule has 8 nitrogen and oxygen atoms in total. The number of sulfonamides is 1. The minimum Gasteiger partial charge on any atom is -0.495 e. The smallest absolute Gasteiger partial charge is 0.251 e. The average molecular weight is 487 g/mol. The minimum atomic E-state index is -3.98. The summed E-state index contributed by atoms with van der Waals surface area (Å²) in [6, 6.07) is 10.8. The third-order valence-corrected chi connectivity index (χ3v) is 8.48. The predicted molar refractivity (Wildman–Crippen MR) is 118 cm³/mol. The van der Waals surface area contributed by atoms with E-state index in [-0.39, 0.29) is 46.7 Å². The van der Waals surface area contributed by atoms with Crippen molar-refractivity contribution < 1.29 is 26.4 Å². The molecule has 1 heterocycles. The molecule has 0 radical (unpaired) electrons. The summed E-state index contributed by atoms with van der Waals surface area (Å²) < 4.78 is 56.5. The quantitative estimate of drug-likeness (QED) is 0.589. The standard InChI is InChI=1S/C20H23ClN2O6S2/c1-29-18-7-4-16(20(24)22-11-15-8-9-30(25,26)13-15)10-19(18)31(27,28)23-12-14-2-5-17(21)6-3-14/h2-7,10,15,23H,8-9,11-13H2,1H3,(H,22,24). The molecule has 1 unspecified atom stereocenters. The Bertz CT molecular complexity index is 1160. The van der Waals surface area contributed by atoms with Gasteiger partial charge in [0.25, 0.3) is 5.91 Å². The molecule has 11 heteroatoms. The van der Waals surface area contributed by atoms with Gasteiger partial charge in [-0.05, 0) is 48.2 Å². The summed E-state index contributed by atoms with van der Waals surface area (Å²) in [6.07, 6.45) is 0.499. The molecule has 0 spiro atoms. The van der Waals surface area contributed by atoms with E-state index in [9.17, 15) is 21.6 Å². The van der Waals surface area contributed by atoms with Crippen LogP contribution in [0, 0.1) is 5.92 Å². The van der Waals surface area contributed by atoms with Crippen LogP contribution >= 0.6 is 11.6 Å². The van der Waals surface area contributed by atoms with Crippen LogP contribution in [0.1, 0.15) is 22.3 Å². The highest BCUT2D eigenvalue weighted by molar-refractivity contribution is 7.91. The van der Waals surface area contributed by atoms with Gasteiger partial charge in [-0.3, -0.25) is 4.79 Å². The fraction of sp³-hybridized carbons (Fsp3) is 0.350. The van der Waals surface area contributed by atoms with Gasteiger partial charge in [-0.25, -0.2) is 21.6 Å². The number of methoxy groups -OCH3 is 1. The SMILES string of the molecule is COc1ccc(C(=O)NCC2CCS(=O)(=O)C2)cc1S(=O)(=O)NCc1ccc(Cl)cc1. The first kappa shape index (κ1) is 23.5. The van der Waals surface area contributed by atoms with Gasteiger partial charge >= 0.3 is 0 Å². The molecule has 2 aromatic rings. The number of amides is 1. The van der Waals surface area contributed by atoms with E-state index in [2.05, 4.69) is 10.0 Å². The van der Waals surface area contributed by atoms with Gasteiger partial charge in [-0.2, -0.15) is 0 Å². The van der Waals surface area contributed by atoms with Crippen molar-refractivity contribution >= 4 is 37.4 Å². The Balaban J connectivity index is 1.72. The van der Waals surface area contributed by atoms with Crippen molar-refractivity contribution in [2.45, 2.75) is 17.9 Å². The number of ether oxygens (including phenoxy) is 1. The third-order valence-electron chi connectivity index (χ3n) is 4.97. The number of rotatable bonds is 8. The Morgan fingerprint density at radius 3 is 2.52 bits per heavy atom. The lowest BCUT2D eigenvalue weighted by molar-refractivity contribution is 0.0948. The molecule has 1 aliphatic heterocycles. The number of halogens is 1. The van der Waals surface area contributed by atoms with E-state index in [1.54, 1.807) is 24.3 Å². The molecule has 1 saturated heterocycles. The van der Waals surface area contributed by atoms with Crippen molar-refractivity contribution in [3.63, 3.8) is 0 Å². The Hall–Kier alpha value is -2.14. The maximum Gasteiger partial charge on any atom is 0.251 e. The first-order valence-electron chi connectivity index (χ1n) is 9.50. The molecule has 0 saturated carbocycles.